The Labute approximate surface area is 312 Å². The van der Waals surface area contributed by atoms with Crippen LogP contribution in [0, 0.1) is 0 Å². The van der Waals surface area contributed by atoms with E-state index in [9.17, 15) is 9.59 Å². The molecule has 52 heavy (non-hydrogen) atoms. The number of hydrogen-bond donors (Lipinski definition) is 1. The van der Waals surface area contributed by atoms with E-state index in [2.05, 4.69) is 15.2 Å². The highest BCUT2D eigenvalue weighted by Gasteiger charge is 2.24. The number of hydrogen-bond acceptors (Lipinski definition) is 10. The topological polar surface area (TPSA) is 111 Å². The minimum absolute atomic E-state index is 0.0127. The molecule has 0 radical (unpaired) electrons. The Bertz CT molecular complexity index is 2140. The van der Waals surface area contributed by atoms with Gasteiger partial charge in [-0.2, -0.15) is 4.98 Å². The number of ketones is 1. The number of benzene rings is 3. The first-order valence-electron chi connectivity index (χ1n) is 16.8. The van der Waals surface area contributed by atoms with Crippen LogP contribution in [0.5, 0.6) is 11.5 Å². The normalized spacial score (nSPS) is 13.2. The van der Waals surface area contributed by atoms with Crippen molar-refractivity contribution in [3.05, 3.63) is 111 Å². The van der Waals surface area contributed by atoms with Crippen molar-refractivity contribution < 1.29 is 19.0 Å². The van der Waals surface area contributed by atoms with E-state index in [1.807, 2.05) is 73.6 Å². The van der Waals surface area contributed by atoms with E-state index in [1.165, 1.54) is 14.2 Å². The number of morpholine rings is 1. The first kappa shape index (κ1) is 36.8. The molecule has 0 bridgehead atoms. The van der Waals surface area contributed by atoms with Gasteiger partial charge in [0.05, 0.1) is 49.6 Å². The second-order valence-electron chi connectivity index (χ2n) is 12.6. The number of fused-ring (bicyclic) bond motifs is 1. The Morgan fingerprint density at radius 2 is 1.67 bits per heavy atom. The molecule has 0 unspecified atom stereocenters. The fourth-order valence-corrected chi connectivity index (χ4v) is 6.75. The summed E-state index contributed by atoms with van der Waals surface area (Å²) in [5, 5.41) is 4.19. The summed E-state index contributed by atoms with van der Waals surface area (Å²) in [4.78, 5) is 41.0. The standard InChI is InChI=1S/C39H40Cl2N6O5/c1-45(2)14-6-9-30(48)20-25-7-5-8-26(19-25)24-47-37-27(21-31(38(47)49)34-35(40)32(50-3)22-33(51-4)36(34)41)23-42-39(44-37)43-28-10-12-29(13-11-28)46-15-17-52-18-16-46/h5-13,19,21-23H,14-18,20,24H2,1-4H3,(H,42,43,44)/b9-6+. The van der Waals surface area contributed by atoms with Gasteiger partial charge in [0.25, 0.3) is 5.56 Å². The molecule has 2 aromatic heterocycles. The summed E-state index contributed by atoms with van der Waals surface area (Å²) in [5.41, 5.74) is 4.02. The van der Waals surface area contributed by atoms with E-state index in [0.717, 1.165) is 35.6 Å². The quantitative estimate of drug-likeness (QED) is 0.132. The summed E-state index contributed by atoms with van der Waals surface area (Å²) in [6, 6.07) is 18.9. The van der Waals surface area contributed by atoms with E-state index in [0.29, 0.717) is 48.2 Å². The highest BCUT2D eigenvalue weighted by Crippen LogP contribution is 2.45. The monoisotopic (exact) mass is 742 g/mol. The SMILES string of the molecule is COc1cc(OC)c(Cl)c(-c2cc3cnc(Nc4ccc(N5CCOCC5)cc4)nc3n(Cc3cccc(CC(=O)/C=C/CN(C)C)c3)c2=O)c1Cl. The lowest BCUT2D eigenvalue weighted by Gasteiger charge is -2.28. The van der Waals surface area contributed by atoms with Crippen molar-refractivity contribution in [2.24, 2.45) is 0 Å². The molecule has 3 heterocycles. The van der Waals surface area contributed by atoms with Crippen LogP contribution in [-0.2, 0) is 22.5 Å². The molecule has 1 saturated heterocycles. The third-order valence-electron chi connectivity index (χ3n) is 8.65. The van der Waals surface area contributed by atoms with Crippen LogP contribution in [0.15, 0.2) is 83.8 Å². The summed E-state index contributed by atoms with van der Waals surface area (Å²) >= 11 is 13.6. The van der Waals surface area contributed by atoms with Crippen LogP contribution < -0.4 is 25.2 Å². The number of nitrogens with one attached hydrogen (secondary N) is 1. The molecular weight excluding hydrogens is 703 g/mol. The van der Waals surface area contributed by atoms with E-state index in [1.54, 1.807) is 29.0 Å². The fourth-order valence-electron chi connectivity index (χ4n) is 6.05. The lowest BCUT2D eigenvalue weighted by atomic mass is 10.0. The van der Waals surface area contributed by atoms with Crippen molar-refractivity contribution >= 4 is 57.3 Å². The number of allylic oxidation sites excluding steroid dienone is 1. The van der Waals surface area contributed by atoms with Crippen molar-refractivity contribution in [2.75, 3.05) is 71.4 Å². The van der Waals surface area contributed by atoms with E-state index in [4.69, 9.17) is 42.4 Å². The van der Waals surface area contributed by atoms with Gasteiger partial charge in [-0.15, -0.1) is 0 Å². The third-order valence-corrected chi connectivity index (χ3v) is 9.40. The van der Waals surface area contributed by atoms with E-state index in [-0.39, 0.29) is 45.5 Å². The number of nitrogens with zero attached hydrogens (tertiary/aromatic N) is 5. The van der Waals surface area contributed by atoms with Crippen molar-refractivity contribution in [1.29, 1.82) is 0 Å². The Hall–Kier alpha value is -4.94. The second-order valence-corrected chi connectivity index (χ2v) is 13.4. The predicted molar refractivity (Wildman–Crippen MR) is 207 cm³/mol. The number of pyridine rings is 1. The molecule has 0 atom stereocenters. The number of carbonyl (C=O) groups excluding carboxylic acids is 1. The van der Waals surface area contributed by atoms with E-state index >= 15 is 0 Å². The molecule has 0 aliphatic carbocycles. The van der Waals surface area contributed by atoms with Gasteiger partial charge in [0, 0.05) is 60.6 Å². The van der Waals surface area contributed by atoms with Crippen LogP contribution in [0.25, 0.3) is 22.2 Å². The van der Waals surface area contributed by atoms with Crippen LogP contribution in [0.1, 0.15) is 11.1 Å². The summed E-state index contributed by atoms with van der Waals surface area (Å²) < 4.78 is 18.0. The van der Waals surface area contributed by atoms with Crippen molar-refractivity contribution in [3.63, 3.8) is 0 Å². The lowest BCUT2D eigenvalue weighted by molar-refractivity contribution is -0.114. The Kier molecular flexibility index (Phi) is 11.8. The minimum Gasteiger partial charge on any atom is -0.495 e. The molecule has 1 aliphatic rings. The van der Waals surface area contributed by atoms with Gasteiger partial charge in [-0.3, -0.25) is 14.2 Å². The molecule has 13 heteroatoms. The highest BCUT2D eigenvalue weighted by atomic mass is 35.5. The largest absolute Gasteiger partial charge is 0.495 e. The first-order valence-corrected chi connectivity index (χ1v) is 17.5. The van der Waals surface area contributed by atoms with Crippen LogP contribution in [0.3, 0.4) is 0 Å². The molecule has 1 N–H and O–H groups in total. The first-order chi connectivity index (χ1) is 25.1. The van der Waals surface area contributed by atoms with Gasteiger partial charge >= 0.3 is 0 Å². The maximum Gasteiger partial charge on any atom is 0.260 e. The molecule has 1 fully saturated rings. The van der Waals surface area contributed by atoms with Crippen LogP contribution >= 0.6 is 23.2 Å². The number of ether oxygens (including phenoxy) is 3. The van der Waals surface area contributed by atoms with Gasteiger partial charge in [-0.25, -0.2) is 4.98 Å². The third kappa shape index (κ3) is 8.40. The zero-order valence-corrected chi connectivity index (χ0v) is 31.0. The number of methoxy groups -OCH3 is 2. The number of rotatable bonds is 13. The van der Waals surface area contributed by atoms with Crippen molar-refractivity contribution in [3.8, 4) is 22.6 Å². The van der Waals surface area contributed by atoms with Gasteiger partial charge < -0.3 is 29.3 Å². The van der Waals surface area contributed by atoms with Gasteiger partial charge in [0.1, 0.15) is 17.1 Å². The second kappa shape index (κ2) is 16.6. The lowest BCUT2D eigenvalue weighted by Crippen LogP contribution is -2.36. The smallest absolute Gasteiger partial charge is 0.260 e. The predicted octanol–water partition coefficient (Wildman–Crippen LogP) is 6.64. The maximum absolute atomic E-state index is 14.6. The van der Waals surface area contributed by atoms with Crippen LogP contribution in [0.4, 0.5) is 17.3 Å². The average molecular weight is 744 g/mol. The molecule has 3 aromatic carbocycles. The van der Waals surface area contributed by atoms with Crippen molar-refractivity contribution in [1.82, 2.24) is 19.4 Å². The number of likely N-dealkylation sites (N-methyl/N-ethyl adjacent to an activating group) is 1. The summed E-state index contributed by atoms with van der Waals surface area (Å²) in [5.74, 6) is 0.907. The number of aromatic nitrogens is 3. The molecule has 11 nitrogen and oxygen atoms in total. The number of anilines is 3. The van der Waals surface area contributed by atoms with Crippen molar-refractivity contribution in [2.45, 2.75) is 13.0 Å². The van der Waals surface area contributed by atoms with Crippen LogP contribution in [0.2, 0.25) is 10.0 Å². The summed E-state index contributed by atoms with van der Waals surface area (Å²) in [6.07, 6.45) is 5.33. The fraction of sp³-hybridized carbons (Fsp3) is 0.282. The number of carbonyl (C=O) groups is 1. The molecular formula is C39H40Cl2N6O5. The molecule has 270 valence electrons. The van der Waals surface area contributed by atoms with Gasteiger partial charge in [0.2, 0.25) is 5.95 Å². The van der Waals surface area contributed by atoms with Gasteiger partial charge in [0.15, 0.2) is 5.78 Å². The zero-order chi connectivity index (χ0) is 36.8. The molecule has 6 rings (SSSR count). The molecule has 0 saturated carbocycles. The Balaban J connectivity index is 1.41. The highest BCUT2D eigenvalue weighted by molar-refractivity contribution is 6.41. The zero-order valence-electron chi connectivity index (χ0n) is 29.5. The summed E-state index contributed by atoms with van der Waals surface area (Å²) in [7, 11) is 6.84. The molecule has 1 aliphatic heterocycles. The van der Waals surface area contributed by atoms with Crippen LogP contribution in [-0.4, -0.2) is 86.4 Å². The molecule has 5 aromatic rings. The minimum atomic E-state index is -0.390. The van der Waals surface area contributed by atoms with Gasteiger partial charge in [-0.05, 0) is 61.6 Å². The Morgan fingerprint density at radius 1 is 0.981 bits per heavy atom. The Morgan fingerprint density at radius 3 is 2.35 bits per heavy atom. The summed E-state index contributed by atoms with van der Waals surface area (Å²) in [6.45, 7) is 3.90. The molecule has 0 spiro atoms. The maximum atomic E-state index is 14.6. The molecule has 0 amide bonds. The number of halogens is 2. The van der Waals surface area contributed by atoms with E-state index < -0.39 is 0 Å². The average Bonchev–Trinajstić information content (AvgIpc) is 3.14. The van der Waals surface area contributed by atoms with Gasteiger partial charge in [-0.1, -0.05) is 53.5 Å².